The monoisotopic (exact) mass is 451 g/mol. The van der Waals surface area contributed by atoms with Crippen molar-refractivity contribution < 1.29 is 23.8 Å². The van der Waals surface area contributed by atoms with Crippen molar-refractivity contribution in [3.8, 4) is 0 Å². The standard InChI is InChI=1S/C20H33N5O5Si/c1-7-28-14(27)8-12-13(9-26)29-19(16(12)30-31(5,6)20(2,3)4)25-11-24-15-17(21)22-10-23-18(15)25/h10-13,16,19,26H,7-9H2,1-6H3,(H2,21,22,23). The number of fused-ring (bicyclic) bond motifs is 1. The number of nitrogen functional groups attached to an aromatic ring is 1. The lowest BCUT2D eigenvalue weighted by Gasteiger charge is -2.40. The number of nitrogens with zero attached hydrogens (tertiary/aromatic N) is 4. The molecule has 0 aliphatic carbocycles. The normalized spacial score (nSPS) is 24.6. The third-order valence-electron chi connectivity index (χ3n) is 6.28. The van der Waals surface area contributed by atoms with Crippen molar-refractivity contribution in [2.45, 2.75) is 70.7 Å². The first-order valence-electron chi connectivity index (χ1n) is 10.5. The number of hydrogen-bond donors (Lipinski definition) is 2. The Morgan fingerprint density at radius 2 is 2.03 bits per heavy atom. The van der Waals surface area contributed by atoms with Gasteiger partial charge in [0.25, 0.3) is 0 Å². The molecule has 0 saturated carbocycles. The molecule has 11 heteroatoms. The summed E-state index contributed by atoms with van der Waals surface area (Å²) in [7, 11) is -2.26. The van der Waals surface area contributed by atoms with Crippen molar-refractivity contribution in [1.82, 2.24) is 19.5 Å². The van der Waals surface area contributed by atoms with Crippen molar-refractivity contribution in [1.29, 1.82) is 0 Å². The summed E-state index contributed by atoms with van der Waals surface area (Å²) in [5.41, 5.74) is 6.92. The largest absolute Gasteiger partial charge is 0.466 e. The Labute approximate surface area is 183 Å². The molecule has 1 saturated heterocycles. The summed E-state index contributed by atoms with van der Waals surface area (Å²) in [4.78, 5) is 25.0. The average molecular weight is 452 g/mol. The Bertz CT molecular complexity index is 928. The molecule has 0 aromatic carbocycles. The lowest BCUT2D eigenvalue weighted by atomic mass is 9.94. The van der Waals surface area contributed by atoms with Crippen molar-refractivity contribution in [3.63, 3.8) is 0 Å². The fourth-order valence-electron chi connectivity index (χ4n) is 3.56. The molecule has 1 aliphatic heterocycles. The zero-order chi connectivity index (χ0) is 23.0. The number of imidazole rings is 1. The van der Waals surface area contributed by atoms with E-state index in [1.165, 1.54) is 6.33 Å². The van der Waals surface area contributed by atoms with E-state index in [4.69, 9.17) is 19.6 Å². The number of aliphatic hydroxyl groups is 1. The van der Waals surface area contributed by atoms with Gasteiger partial charge < -0.3 is 24.7 Å². The van der Waals surface area contributed by atoms with Crippen molar-refractivity contribution in [2.24, 2.45) is 5.92 Å². The number of ether oxygens (including phenoxy) is 2. The van der Waals surface area contributed by atoms with Gasteiger partial charge in [-0.2, -0.15) is 0 Å². The van der Waals surface area contributed by atoms with Crippen LogP contribution in [0.1, 0.15) is 40.3 Å². The SMILES string of the molecule is CCOC(=O)CC1C(CO)OC(n2cnc3c(N)ncnc32)C1O[Si](C)(C)C(C)(C)C. The van der Waals surface area contributed by atoms with Crippen LogP contribution >= 0.6 is 0 Å². The van der Waals surface area contributed by atoms with E-state index in [-0.39, 0.29) is 42.4 Å². The van der Waals surface area contributed by atoms with Crippen molar-refractivity contribution in [3.05, 3.63) is 12.7 Å². The number of carbonyl (C=O) groups is 1. The van der Waals surface area contributed by atoms with Gasteiger partial charge >= 0.3 is 5.97 Å². The lowest BCUT2D eigenvalue weighted by molar-refractivity contribution is -0.145. The number of carbonyl (C=O) groups excluding carboxylic acids is 1. The summed E-state index contributed by atoms with van der Waals surface area (Å²) in [5, 5.41) is 9.97. The first-order chi connectivity index (χ1) is 14.5. The Hall–Kier alpha value is -2.08. The van der Waals surface area contributed by atoms with Crippen LogP contribution in [0.15, 0.2) is 12.7 Å². The summed E-state index contributed by atoms with van der Waals surface area (Å²) in [6, 6.07) is 0. The van der Waals surface area contributed by atoms with Gasteiger partial charge in [-0.05, 0) is 25.1 Å². The van der Waals surface area contributed by atoms with E-state index in [1.807, 2.05) is 0 Å². The second kappa shape index (κ2) is 8.81. The van der Waals surface area contributed by atoms with Crippen LogP contribution in [0, 0.1) is 5.92 Å². The minimum Gasteiger partial charge on any atom is -0.466 e. The third kappa shape index (κ3) is 4.59. The van der Waals surface area contributed by atoms with E-state index in [9.17, 15) is 9.90 Å². The molecule has 3 N–H and O–H groups in total. The second-order valence-corrected chi connectivity index (χ2v) is 14.1. The van der Waals surface area contributed by atoms with Gasteiger partial charge in [0.15, 0.2) is 26.0 Å². The highest BCUT2D eigenvalue weighted by atomic mass is 28.4. The Kier molecular flexibility index (Phi) is 6.70. The minimum absolute atomic E-state index is 0.0626. The van der Waals surface area contributed by atoms with E-state index in [1.54, 1.807) is 17.8 Å². The zero-order valence-electron chi connectivity index (χ0n) is 19.0. The number of nitrogens with two attached hydrogens (primary N) is 1. The third-order valence-corrected chi connectivity index (χ3v) is 10.8. The van der Waals surface area contributed by atoms with Crippen LogP contribution in [0.25, 0.3) is 11.2 Å². The molecule has 3 rings (SSSR count). The van der Waals surface area contributed by atoms with Gasteiger partial charge in [0.1, 0.15) is 11.8 Å². The maximum absolute atomic E-state index is 12.4. The van der Waals surface area contributed by atoms with E-state index < -0.39 is 26.8 Å². The average Bonchev–Trinajstić information content (AvgIpc) is 3.23. The maximum atomic E-state index is 12.4. The Morgan fingerprint density at radius 3 is 2.65 bits per heavy atom. The molecule has 0 bridgehead atoms. The molecule has 2 aromatic rings. The zero-order valence-corrected chi connectivity index (χ0v) is 20.0. The van der Waals surface area contributed by atoms with Crippen LogP contribution in [0.2, 0.25) is 18.1 Å². The summed E-state index contributed by atoms with van der Waals surface area (Å²) in [6.07, 6.45) is 1.30. The van der Waals surface area contributed by atoms with E-state index in [2.05, 4.69) is 48.8 Å². The van der Waals surface area contributed by atoms with Gasteiger partial charge in [-0.1, -0.05) is 20.8 Å². The van der Waals surface area contributed by atoms with Gasteiger partial charge in [-0.25, -0.2) is 15.0 Å². The smallest absolute Gasteiger partial charge is 0.306 e. The van der Waals surface area contributed by atoms with Gasteiger partial charge in [-0.3, -0.25) is 9.36 Å². The van der Waals surface area contributed by atoms with Crippen LogP contribution in [0.3, 0.4) is 0 Å². The topological polar surface area (TPSA) is 135 Å². The molecule has 0 radical (unpaired) electrons. The predicted octanol–water partition coefficient (Wildman–Crippen LogP) is 2.26. The Balaban J connectivity index is 2.05. The molecule has 31 heavy (non-hydrogen) atoms. The number of aromatic nitrogens is 4. The van der Waals surface area contributed by atoms with Gasteiger partial charge in [-0.15, -0.1) is 0 Å². The fourth-order valence-corrected chi connectivity index (χ4v) is 4.89. The number of anilines is 1. The van der Waals surface area contributed by atoms with E-state index in [0.29, 0.717) is 11.2 Å². The van der Waals surface area contributed by atoms with Gasteiger partial charge in [0.2, 0.25) is 0 Å². The van der Waals surface area contributed by atoms with E-state index in [0.717, 1.165) is 0 Å². The maximum Gasteiger partial charge on any atom is 0.306 e. The highest BCUT2D eigenvalue weighted by Crippen LogP contribution is 2.45. The molecule has 172 valence electrons. The van der Waals surface area contributed by atoms with Crippen LogP contribution in [-0.4, -0.2) is 64.3 Å². The molecule has 0 spiro atoms. The summed E-state index contributed by atoms with van der Waals surface area (Å²) in [5.74, 6) is -0.466. The molecule has 2 aromatic heterocycles. The molecule has 4 unspecified atom stereocenters. The van der Waals surface area contributed by atoms with Crippen LogP contribution in [0.5, 0.6) is 0 Å². The first kappa shape index (κ1) is 23.6. The minimum atomic E-state index is -2.26. The molecule has 1 aliphatic rings. The molecule has 0 amide bonds. The molecule has 1 fully saturated rings. The van der Waals surface area contributed by atoms with Crippen LogP contribution in [0.4, 0.5) is 5.82 Å². The summed E-state index contributed by atoms with van der Waals surface area (Å²) in [6.45, 7) is 12.5. The number of hydrogen-bond acceptors (Lipinski definition) is 9. The number of rotatable bonds is 7. The van der Waals surface area contributed by atoms with Crippen LogP contribution < -0.4 is 5.73 Å². The molecular formula is C20H33N5O5Si. The molecule has 3 heterocycles. The van der Waals surface area contributed by atoms with Gasteiger partial charge in [0, 0.05) is 5.92 Å². The van der Waals surface area contributed by atoms with Crippen molar-refractivity contribution >= 4 is 31.3 Å². The number of esters is 1. The van der Waals surface area contributed by atoms with Crippen molar-refractivity contribution in [2.75, 3.05) is 18.9 Å². The summed E-state index contributed by atoms with van der Waals surface area (Å²) < 4.78 is 19.9. The molecule has 10 nitrogen and oxygen atoms in total. The first-order valence-corrected chi connectivity index (χ1v) is 13.4. The quantitative estimate of drug-likeness (QED) is 0.480. The van der Waals surface area contributed by atoms with E-state index >= 15 is 0 Å². The highest BCUT2D eigenvalue weighted by molar-refractivity contribution is 6.74. The molecule has 4 atom stereocenters. The predicted molar refractivity (Wildman–Crippen MR) is 118 cm³/mol. The lowest BCUT2D eigenvalue weighted by Crippen LogP contribution is -2.47. The highest BCUT2D eigenvalue weighted by Gasteiger charge is 2.51. The number of aliphatic hydroxyl groups excluding tert-OH is 1. The Morgan fingerprint density at radius 1 is 1.32 bits per heavy atom. The molecular weight excluding hydrogens is 418 g/mol. The van der Waals surface area contributed by atoms with Crippen LogP contribution in [-0.2, 0) is 18.7 Å². The second-order valence-electron chi connectivity index (χ2n) is 9.35. The van der Waals surface area contributed by atoms with Gasteiger partial charge in [0.05, 0.1) is 38.2 Å². The summed E-state index contributed by atoms with van der Waals surface area (Å²) >= 11 is 0. The fraction of sp³-hybridized carbons (Fsp3) is 0.700.